The Morgan fingerprint density at radius 1 is 1.10 bits per heavy atom. The van der Waals surface area contributed by atoms with E-state index < -0.39 is 0 Å². The van der Waals surface area contributed by atoms with Crippen molar-refractivity contribution in [3.8, 4) is 0 Å². The number of rotatable bonds is 5. The number of benzene rings is 1. The van der Waals surface area contributed by atoms with E-state index in [2.05, 4.69) is 10.6 Å². The van der Waals surface area contributed by atoms with Gasteiger partial charge in [0, 0.05) is 44.6 Å². The number of hydrogen-bond acceptors (Lipinski definition) is 5. The van der Waals surface area contributed by atoms with Crippen LogP contribution in [0.3, 0.4) is 0 Å². The number of nitrogens with zero attached hydrogens (tertiary/aromatic N) is 2. The van der Waals surface area contributed by atoms with Crippen molar-refractivity contribution in [2.75, 3.05) is 69.0 Å². The molecular formula is C22H33FN4O3. The van der Waals surface area contributed by atoms with Crippen LogP contribution in [0.15, 0.2) is 18.2 Å². The quantitative estimate of drug-likeness (QED) is 0.766. The number of carbonyl (C=O) groups excluding carboxylic acids is 1. The lowest BCUT2D eigenvalue weighted by Crippen LogP contribution is -2.49. The number of morpholine rings is 1. The molecule has 3 heterocycles. The number of hydrogen-bond donors (Lipinski definition) is 2. The maximum Gasteiger partial charge on any atom is 0.322 e. The fraction of sp³-hybridized carbons (Fsp3) is 0.682. The Bertz CT molecular complexity index is 702. The van der Waals surface area contributed by atoms with Crippen molar-refractivity contribution in [3.05, 3.63) is 24.0 Å². The van der Waals surface area contributed by atoms with Gasteiger partial charge in [-0.25, -0.2) is 9.18 Å². The molecule has 0 spiro atoms. The van der Waals surface area contributed by atoms with Gasteiger partial charge in [-0.1, -0.05) is 0 Å². The standard InChI is InChI=1S/C22H33FN4O3/c23-20-15-19(1-2-21(20)26-9-13-30-14-10-26)27(16-17-3-7-24-8-4-17)22(28)25-18-5-11-29-12-6-18/h1-2,15,17-18,24H,3-14,16H2,(H,25,28). The molecule has 3 aliphatic heterocycles. The van der Waals surface area contributed by atoms with Crippen LogP contribution in [0.25, 0.3) is 0 Å². The van der Waals surface area contributed by atoms with E-state index in [1.807, 2.05) is 11.0 Å². The van der Waals surface area contributed by atoms with Gasteiger partial charge in [0.1, 0.15) is 5.82 Å². The van der Waals surface area contributed by atoms with Gasteiger partial charge in [-0.3, -0.25) is 4.90 Å². The third kappa shape index (κ3) is 5.42. The fourth-order valence-electron chi connectivity index (χ4n) is 4.45. The number of halogens is 1. The molecule has 166 valence electrons. The smallest absolute Gasteiger partial charge is 0.322 e. The number of amides is 2. The van der Waals surface area contributed by atoms with Gasteiger partial charge in [0.25, 0.3) is 0 Å². The van der Waals surface area contributed by atoms with Crippen LogP contribution in [0.2, 0.25) is 0 Å². The van der Waals surface area contributed by atoms with Gasteiger partial charge in [0.2, 0.25) is 0 Å². The van der Waals surface area contributed by atoms with E-state index in [1.54, 1.807) is 11.0 Å². The minimum absolute atomic E-state index is 0.110. The van der Waals surface area contributed by atoms with E-state index in [4.69, 9.17) is 9.47 Å². The molecule has 2 N–H and O–H groups in total. The highest BCUT2D eigenvalue weighted by molar-refractivity contribution is 5.92. The summed E-state index contributed by atoms with van der Waals surface area (Å²) in [4.78, 5) is 16.9. The van der Waals surface area contributed by atoms with Crippen molar-refractivity contribution >= 4 is 17.4 Å². The molecule has 4 rings (SSSR count). The highest BCUT2D eigenvalue weighted by Crippen LogP contribution is 2.27. The molecule has 3 aliphatic rings. The second kappa shape index (κ2) is 10.4. The van der Waals surface area contributed by atoms with Crippen LogP contribution in [-0.2, 0) is 9.47 Å². The SMILES string of the molecule is O=C(NC1CCOCC1)N(CC1CCNCC1)c1ccc(N2CCOCC2)c(F)c1. The molecule has 0 aromatic heterocycles. The summed E-state index contributed by atoms with van der Waals surface area (Å²) in [6.07, 6.45) is 3.68. The molecule has 7 nitrogen and oxygen atoms in total. The van der Waals surface area contributed by atoms with Gasteiger partial charge < -0.3 is 25.0 Å². The minimum atomic E-state index is -0.288. The van der Waals surface area contributed by atoms with Crippen LogP contribution in [-0.4, -0.2) is 71.2 Å². The summed E-state index contributed by atoms with van der Waals surface area (Å²) < 4.78 is 25.8. The Labute approximate surface area is 177 Å². The largest absolute Gasteiger partial charge is 0.381 e. The third-order valence-electron chi connectivity index (χ3n) is 6.29. The van der Waals surface area contributed by atoms with Gasteiger partial charge in [-0.2, -0.15) is 0 Å². The molecule has 0 unspecified atom stereocenters. The van der Waals surface area contributed by atoms with Crippen LogP contribution in [0.5, 0.6) is 0 Å². The second-order valence-electron chi connectivity index (χ2n) is 8.38. The molecular weight excluding hydrogens is 387 g/mol. The van der Waals surface area contributed by atoms with E-state index in [1.165, 1.54) is 6.07 Å². The predicted octanol–water partition coefficient (Wildman–Crippen LogP) is 2.36. The van der Waals surface area contributed by atoms with Gasteiger partial charge in [0.05, 0.1) is 18.9 Å². The first-order valence-electron chi connectivity index (χ1n) is 11.2. The van der Waals surface area contributed by atoms with Crippen LogP contribution >= 0.6 is 0 Å². The lowest BCUT2D eigenvalue weighted by molar-refractivity contribution is 0.0803. The van der Waals surface area contributed by atoms with Gasteiger partial charge >= 0.3 is 6.03 Å². The average molecular weight is 421 g/mol. The summed E-state index contributed by atoms with van der Waals surface area (Å²) in [6.45, 7) is 6.44. The zero-order valence-corrected chi connectivity index (χ0v) is 17.6. The van der Waals surface area contributed by atoms with Crippen LogP contribution in [0.4, 0.5) is 20.6 Å². The van der Waals surface area contributed by atoms with Crippen molar-refractivity contribution in [1.29, 1.82) is 0 Å². The number of nitrogens with one attached hydrogen (secondary N) is 2. The number of piperidine rings is 1. The lowest BCUT2D eigenvalue weighted by Gasteiger charge is -2.33. The lowest BCUT2D eigenvalue weighted by atomic mass is 9.97. The van der Waals surface area contributed by atoms with Crippen molar-refractivity contribution in [3.63, 3.8) is 0 Å². The summed E-state index contributed by atoms with van der Waals surface area (Å²) in [5.74, 6) is 0.122. The van der Waals surface area contributed by atoms with E-state index in [0.29, 0.717) is 63.4 Å². The highest BCUT2D eigenvalue weighted by atomic mass is 19.1. The monoisotopic (exact) mass is 420 g/mol. The fourth-order valence-corrected chi connectivity index (χ4v) is 4.45. The first-order valence-corrected chi connectivity index (χ1v) is 11.2. The zero-order valence-electron chi connectivity index (χ0n) is 17.6. The highest BCUT2D eigenvalue weighted by Gasteiger charge is 2.26. The Balaban J connectivity index is 1.51. The van der Waals surface area contributed by atoms with E-state index in [0.717, 1.165) is 38.8 Å². The number of ether oxygens (including phenoxy) is 2. The molecule has 8 heteroatoms. The van der Waals surface area contributed by atoms with Crippen molar-refractivity contribution in [1.82, 2.24) is 10.6 Å². The summed E-state index contributed by atoms with van der Waals surface area (Å²) in [5, 5.41) is 6.51. The molecule has 0 saturated carbocycles. The molecule has 1 aromatic carbocycles. The summed E-state index contributed by atoms with van der Waals surface area (Å²) in [7, 11) is 0. The topological polar surface area (TPSA) is 66.1 Å². The van der Waals surface area contributed by atoms with E-state index >= 15 is 4.39 Å². The maximum absolute atomic E-state index is 15.0. The summed E-state index contributed by atoms with van der Waals surface area (Å²) in [6, 6.07) is 5.15. The second-order valence-corrected chi connectivity index (χ2v) is 8.38. The Hall–Kier alpha value is -1.90. The summed E-state index contributed by atoms with van der Waals surface area (Å²) in [5.41, 5.74) is 1.20. The van der Waals surface area contributed by atoms with Crippen LogP contribution in [0, 0.1) is 11.7 Å². The summed E-state index contributed by atoms with van der Waals surface area (Å²) >= 11 is 0. The molecule has 3 saturated heterocycles. The normalized spacial score (nSPS) is 21.4. The maximum atomic E-state index is 15.0. The van der Waals surface area contributed by atoms with Gasteiger partial charge in [-0.15, -0.1) is 0 Å². The molecule has 2 amide bonds. The Morgan fingerprint density at radius 3 is 2.50 bits per heavy atom. The minimum Gasteiger partial charge on any atom is -0.381 e. The van der Waals surface area contributed by atoms with Crippen LogP contribution in [0.1, 0.15) is 25.7 Å². The molecule has 0 bridgehead atoms. The van der Waals surface area contributed by atoms with Gasteiger partial charge in [-0.05, 0) is 62.9 Å². The molecule has 3 fully saturated rings. The van der Waals surface area contributed by atoms with Crippen molar-refractivity contribution in [2.24, 2.45) is 5.92 Å². The zero-order chi connectivity index (χ0) is 20.8. The number of carbonyl (C=O) groups is 1. The molecule has 0 atom stereocenters. The third-order valence-corrected chi connectivity index (χ3v) is 6.29. The van der Waals surface area contributed by atoms with E-state index in [9.17, 15) is 4.79 Å². The predicted molar refractivity (Wildman–Crippen MR) is 115 cm³/mol. The number of urea groups is 1. The van der Waals surface area contributed by atoms with Crippen molar-refractivity contribution < 1.29 is 18.7 Å². The first-order chi connectivity index (χ1) is 14.7. The van der Waals surface area contributed by atoms with E-state index in [-0.39, 0.29) is 17.9 Å². The van der Waals surface area contributed by atoms with Crippen molar-refractivity contribution in [2.45, 2.75) is 31.7 Å². The van der Waals surface area contributed by atoms with Gasteiger partial charge in [0.15, 0.2) is 0 Å². The average Bonchev–Trinajstić information content (AvgIpc) is 2.79. The first kappa shape index (κ1) is 21.3. The molecule has 0 aliphatic carbocycles. The number of anilines is 2. The van der Waals surface area contributed by atoms with Crippen LogP contribution < -0.4 is 20.4 Å². The molecule has 1 aromatic rings. The Kier molecular flexibility index (Phi) is 7.41. The molecule has 0 radical (unpaired) electrons. The Morgan fingerprint density at radius 2 is 1.80 bits per heavy atom. The molecule has 30 heavy (non-hydrogen) atoms.